The van der Waals surface area contributed by atoms with Crippen molar-refractivity contribution in [3.8, 4) is 11.5 Å². The maximum atomic E-state index is 12.4. The third-order valence-corrected chi connectivity index (χ3v) is 9.71. The van der Waals surface area contributed by atoms with Gasteiger partial charge in [0.2, 0.25) is 11.1 Å². The van der Waals surface area contributed by atoms with Crippen LogP contribution in [-0.2, 0) is 40.8 Å². The van der Waals surface area contributed by atoms with E-state index in [-0.39, 0.29) is 56.0 Å². The Bertz CT molecular complexity index is 2430. The molecule has 22 heteroatoms. The van der Waals surface area contributed by atoms with Crippen LogP contribution in [0.3, 0.4) is 0 Å². The van der Waals surface area contributed by atoms with E-state index in [0.717, 1.165) is 45.0 Å². The molecular formula is C34H40N6O13S3. The summed E-state index contributed by atoms with van der Waals surface area (Å²) in [5, 5.41) is 29.8. The molecule has 1 unspecified atom stereocenters. The van der Waals surface area contributed by atoms with Gasteiger partial charge < -0.3 is 29.8 Å². The Hall–Kier alpha value is -5.39. The molecule has 0 bridgehead atoms. The standard InChI is InChI=1S/C28H25N5O13S3.C6H15N/c1-13-9-15-11-21(49(41,42)43)25(33-31-19-10-14(27(35)44-2)5-7-17(19)28(36)45-3)26(34)22(15)23(29)24(13)32-30-18-8-6-16(46-47(4)37)12-20(18)48(38,39)40;1-3-5-6-7-4-2/h5-12,34H,29H2,1-4H3,(H,38,39,40)(H,41,42,43);7H,3-6H2,1-2H3. The van der Waals surface area contributed by atoms with Crippen molar-refractivity contribution in [2.45, 2.75) is 43.4 Å². The lowest BCUT2D eigenvalue weighted by Gasteiger charge is -2.14. The number of phenolic OH excluding ortho intramolecular Hbond substituents is 1. The zero-order chi connectivity index (χ0) is 42.0. The Balaban J connectivity index is 0.00000109. The van der Waals surface area contributed by atoms with Crippen LogP contribution in [0, 0.1) is 6.92 Å². The van der Waals surface area contributed by atoms with Gasteiger partial charge in [0.25, 0.3) is 20.2 Å². The van der Waals surface area contributed by atoms with Crippen molar-refractivity contribution < 1.29 is 58.5 Å². The number of benzene rings is 4. The number of nitrogen functional groups attached to an aromatic ring is 1. The van der Waals surface area contributed by atoms with Gasteiger partial charge in [-0.05, 0) is 79.8 Å². The van der Waals surface area contributed by atoms with E-state index in [1.165, 1.54) is 56.8 Å². The van der Waals surface area contributed by atoms with Gasteiger partial charge >= 0.3 is 11.9 Å². The minimum absolute atomic E-state index is 0.0198. The van der Waals surface area contributed by atoms with E-state index >= 15 is 0 Å². The number of unbranched alkanes of at least 4 members (excludes halogenated alkanes) is 1. The van der Waals surface area contributed by atoms with Gasteiger partial charge in [-0.15, -0.1) is 20.5 Å². The van der Waals surface area contributed by atoms with E-state index in [1.807, 2.05) is 0 Å². The average Bonchev–Trinajstić information content (AvgIpc) is 3.13. The number of azo groups is 2. The predicted octanol–water partition coefficient (Wildman–Crippen LogP) is 6.40. The number of ether oxygens (including phenoxy) is 2. The van der Waals surface area contributed by atoms with Crippen molar-refractivity contribution in [2.24, 2.45) is 20.5 Å². The van der Waals surface area contributed by atoms with Gasteiger partial charge in [-0.1, -0.05) is 20.3 Å². The molecule has 0 radical (unpaired) electrons. The summed E-state index contributed by atoms with van der Waals surface area (Å²) < 4.78 is 94.4. The first-order valence-corrected chi connectivity index (χ1v) is 20.7. The number of phenols is 1. The minimum atomic E-state index is -5.09. The quantitative estimate of drug-likeness (QED) is 0.0302. The van der Waals surface area contributed by atoms with Crippen molar-refractivity contribution >= 4 is 82.5 Å². The second-order valence-electron chi connectivity index (χ2n) is 11.5. The Morgan fingerprint density at radius 1 is 0.839 bits per heavy atom. The lowest BCUT2D eigenvalue weighted by Crippen LogP contribution is -2.13. The van der Waals surface area contributed by atoms with Crippen LogP contribution in [0.2, 0.25) is 0 Å². The second-order valence-corrected chi connectivity index (χ2v) is 15.3. The maximum absolute atomic E-state index is 12.4. The number of nitrogens with zero attached hydrogens (tertiary/aromatic N) is 4. The van der Waals surface area contributed by atoms with Gasteiger partial charge in [-0.2, -0.15) is 16.8 Å². The Kier molecular flexibility index (Phi) is 15.6. The fourth-order valence-electron chi connectivity index (χ4n) is 4.91. The highest BCUT2D eigenvalue weighted by Crippen LogP contribution is 2.47. The van der Waals surface area contributed by atoms with Gasteiger partial charge in [0.05, 0.1) is 36.4 Å². The number of carbonyl (C=O) groups is 2. The van der Waals surface area contributed by atoms with Gasteiger partial charge in [0.15, 0.2) is 5.75 Å². The van der Waals surface area contributed by atoms with Crippen LogP contribution < -0.4 is 15.2 Å². The molecular weight excluding hydrogens is 797 g/mol. The zero-order valence-corrected chi connectivity index (χ0v) is 33.4. The van der Waals surface area contributed by atoms with E-state index in [4.69, 9.17) is 14.7 Å². The number of nitrogens with one attached hydrogen (secondary N) is 1. The van der Waals surface area contributed by atoms with Crippen molar-refractivity contribution in [2.75, 3.05) is 39.3 Å². The van der Waals surface area contributed by atoms with Crippen LogP contribution in [-0.4, -0.2) is 80.8 Å². The van der Waals surface area contributed by atoms with E-state index < -0.39 is 64.5 Å². The number of methoxy groups -OCH3 is 2. The molecule has 0 fully saturated rings. The number of aryl methyl sites for hydroxylation is 1. The van der Waals surface area contributed by atoms with E-state index in [2.05, 4.69) is 44.4 Å². The SMILES string of the molecule is CCCCNCC.COC(=O)c1ccc(C(=O)OC)c(N=Nc2c(S(=O)(=O)O)cc3cc(C)c(N=Nc4ccc(OS(C)=O)cc4S(=O)(=O)O)c(N)c3c2O)c1. The molecule has 56 heavy (non-hydrogen) atoms. The number of hydrogen-bond donors (Lipinski definition) is 5. The Morgan fingerprint density at radius 2 is 1.46 bits per heavy atom. The number of anilines is 1. The summed E-state index contributed by atoms with van der Waals surface area (Å²) in [6, 6.07) is 8.94. The van der Waals surface area contributed by atoms with Crippen LogP contribution in [0.25, 0.3) is 10.8 Å². The van der Waals surface area contributed by atoms with Crippen LogP contribution in [0.4, 0.5) is 28.4 Å². The lowest BCUT2D eigenvalue weighted by molar-refractivity contribution is 0.0587. The molecule has 4 aromatic rings. The molecule has 4 aromatic carbocycles. The highest BCUT2D eigenvalue weighted by atomic mass is 32.2. The average molecular weight is 837 g/mol. The molecule has 19 nitrogen and oxygen atoms in total. The molecule has 0 amide bonds. The van der Waals surface area contributed by atoms with Gasteiger partial charge in [0, 0.05) is 12.3 Å². The van der Waals surface area contributed by atoms with Crippen LogP contribution in [0.1, 0.15) is 53.0 Å². The first kappa shape index (κ1) is 45.0. The zero-order valence-electron chi connectivity index (χ0n) is 31.0. The summed E-state index contributed by atoms with van der Waals surface area (Å²) in [6.45, 7) is 8.11. The first-order chi connectivity index (χ1) is 26.3. The molecule has 0 spiro atoms. The molecule has 6 N–H and O–H groups in total. The summed E-state index contributed by atoms with van der Waals surface area (Å²) in [6.07, 6.45) is 3.80. The summed E-state index contributed by atoms with van der Waals surface area (Å²) in [4.78, 5) is 22.8. The minimum Gasteiger partial charge on any atom is -0.505 e. The predicted molar refractivity (Wildman–Crippen MR) is 206 cm³/mol. The maximum Gasteiger partial charge on any atom is 0.340 e. The van der Waals surface area contributed by atoms with Gasteiger partial charge in [0.1, 0.15) is 38.3 Å². The van der Waals surface area contributed by atoms with Crippen LogP contribution >= 0.6 is 0 Å². The van der Waals surface area contributed by atoms with Crippen LogP contribution in [0.15, 0.2) is 78.8 Å². The fourth-order valence-corrected chi connectivity index (χ4v) is 6.58. The highest BCUT2D eigenvalue weighted by Gasteiger charge is 2.26. The number of rotatable bonds is 14. The number of esters is 2. The highest BCUT2D eigenvalue weighted by molar-refractivity contribution is 7.86. The second kappa shape index (κ2) is 19.5. The normalized spacial score (nSPS) is 12.4. The lowest BCUT2D eigenvalue weighted by atomic mass is 10.0. The number of hydrogen-bond acceptors (Lipinski definition) is 17. The largest absolute Gasteiger partial charge is 0.505 e. The molecule has 0 aromatic heterocycles. The molecule has 4 rings (SSSR count). The third kappa shape index (κ3) is 11.3. The van der Waals surface area contributed by atoms with Crippen LogP contribution in [0.5, 0.6) is 11.5 Å². The molecule has 0 heterocycles. The Labute approximate surface area is 325 Å². The first-order valence-electron chi connectivity index (χ1n) is 16.3. The molecule has 0 aliphatic rings. The molecule has 0 aliphatic carbocycles. The van der Waals surface area contributed by atoms with Crippen molar-refractivity contribution in [3.05, 3.63) is 65.2 Å². The smallest absolute Gasteiger partial charge is 0.340 e. The summed E-state index contributed by atoms with van der Waals surface area (Å²) in [7, 11) is -7.80. The summed E-state index contributed by atoms with van der Waals surface area (Å²) in [5.74, 6) is -2.79. The molecule has 1 atom stereocenters. The molecule has 0 saturated carbocycles. The monoisotopic (exact) mass is 836 g/mol. The third-order valence-electron chi connectivity index (χ3n) is 7.54. The van der Waals surface area contributed by atoms with Crippen molar-refractivity contribution in [1.29, 1.82) is 0 Å². The van der Waals surface area contributed by atoms with Gasteiger partial charge in [-0.25, -0.2) is 13.8 Å². The fraction of sp³-hybridized carbons (Fsp3) is 0.294. The number of fused-ring (bicyclic) bond motifs is 1. The van der Waals surface area contributed by atoms with Crippen molar-refractivity contribution in [3.63, 3.8) is 0 Å². The number of nitrogens with two attached hydrogens (primary N) is 1. The molecule has 0 saturated heterocycles. The van der Waals surface area contributed by atoms with E-state index in [1.54, 1.807) is 0 Å². The van der Waals surface area contributed by atoms with Gasteiger partial charge in [-0.3, -0.25) is 9.11 Å². The number of aromatic hydroxyl groups is 1. The Morgan fingerprint density at radius 3 is 2.04 bits per heavy atom. The van der Waals surface area contributed by atoms with E-state index in [9.17, 15) is 44.8 Å². The van der Waals surface area contributed by atoms with Crippen molar-refractivity contribution in [1.82, 2.24) is 5.32 Å². The molecule has 0 aliphatic heterocycles. The summed E-state index contributed by atoms with van der Waals surface area (Å²) >= 11 is -1.82. The molecule has 302 valence electrons. The van der Waals surface area contributed by atoms with E-state index in [0.29, 0.717) is 0 Å². The number of carbonyl (C=O) groups excluding carboxylic acids is 2. The topological polar surface area (TPSA) is 295 Å². The summed E-state index contributed by atoms with van der Waals surface area (Å²) in [5.41, 5.74) is 4.32.